The summed E-state index contributed by atoms with van der Waals surface area (Å²) < 4.78 is 26.3. The van der Waals surface area contributed by atoms with E-state index in [1.807, 2.05) is 101 Å². The van der Waals surface area contributed by atoms with Crippen LogP contribution in [0, 0.1) is 0 Å². The van der Waals surface area contributed by atoms with Crippen LogP contribution in [0.1, 0.15) is 83.1 Å². The molecule has 0 aliphatic carbocycles. The number of rotatable bonds is 4. The molecule has 0 heterocycles. The second-order valence-electron chi connectivity index (χ2n) is 13.1. The second kappa shape index (κ2) is 9.36. The summed E-state index contributed by atoms with van der Waals surface area (Å²) in [7, 11) is 0. The molecule has 0 atom stereocenters. The third-order valence-electron chi connectivity index (χ3n) is 4.80. The van der Waals surface area contributed by atoms with Crippen LogP contribution in [0.3, 0.4) is 0 Å². The second-order valence-corrected chi connectivity index (χ2v) is 13.9. The molecule has 4 nitrogen and oxygen atoms in total. The molecule has 3 aromatic carbocycles. The topological polar surface area (TPSA) is 36.9 Å². The van der Waals surface area contributed by atoms with Crippen LogP contribution in [-0.4, -0.2) is 22.4 Å². The normalized spacial score (nSPS) is 13.3. The van der Waals surface area contributed by atoms with Gasteiger partial charge in [-0.25, -0.2) is 0 Å². The Hall–Kier alpha value is -2.04. The lowest BCUT2D eigenvalue weighted by molar-refractivity contribution is 0.121. The lowest BCUT2D eigenvalue weighted by Gasteiger charge is -2.32. The van der Waals surface area contributed by atoms with Crippen LogP contribution in [0.2, 0.25) is 10.0 Å². The minimum absolute atomic E-state index is 0.401. The molecule has 0 bridgehead atoms. The number of hydrogen-bond donors (Lipinski definition) is 0. The molecule has 0 aliphatic heterocycles. The van der Waals surface area contributed by atoms with Crippen LogP contribution in [0.5, 0.6) is 23.0 Å². The molecule has 3 aromatic rings. The van der Waals surface area contributed by atoms with Gasteiger partial charge in [0.05, 0.1) is 20.8 Å². The van der Waals surface area contributed by atoms with Crippen molar-refractivity contribution in [3.63, 3.8) is 0 Å². The highest BCUT2D eigenvalue weighted by Crippen LogP contribution is 2.54. The van der Waals surface area contributed by atoms with Crippen LogP contribution in [-0.2, 0) is 0 Å². The fourth-order valence-electron chi connectivity index (χ4n) is 3.89. The van der Waals surface area contributed by atoms with Gasteiger partial charge in [0.1, 0.15) is 45.4 Å². The van der Waals surface area contributed by atoms with E-state index in [1.165, 1.54) is 0 Å². The third-order valence-corrected chi connectivity index (χ3v) is 5.60. The SMILES string of the molecule is CC(C)(C)Oc1ccc(OC(C)(C)C)c2c(OC(C)(C)C)c3c(Cl)c(Cl)ccc3c(OC(C)(C)C)c12. The molecular formula is C30H40Cl2O4. The molecular weight excluding hydrogens is 495 g/mol. The number of ether oxygens (including phenoxy) is 4. The number of halogens is 2. The van der Waals surface area contributed by atoms with Gasteiger partial charge in [-0.3, -0.25) is 0 Å². The third kappa shape index (κ3) is 6.63. The zero-order valence-corrected chi connectivity index (χ0v) is 25.2. The van der Waals surface area contributed by atoms with Crippen LogP contribution in [0.25, 0.3) is 21.5 Å². The van der Waals surface area contributed by atoms with E-state index in [0.717, 1.165) is 16.2 Å². The summed E-state index contributed by atoms with van der Waals surface area (Å²) in [6, 6.07) is 7.58. The van der Waals surface area contributed by atoms with Gasteiger partial charge in [-0.05, 0) is 107 Å². The largest absolute Gasteiger partial charge is 0.487 e. The molecule has 0 aliphatic rings. The summed E-state index contributed by atoms with van der Waals surface area (Å²) in [5.74, 6) is 2.55. The highest BCUT2D eigenvalue weighted by atomic mass is 35.5. The van der Waals surface area contributed by atoms with Gasteiger partial charge >= 0.3 is 0 Å². The van der Waals surface area contributed by atoms with Gasteiger partial charge in [0.15, 0.2) is 0 Å². The van der Waals surface area contributed by atoms with Gasteiger partial charge in [0, 0.05) is 10.8 Å². The summed E-state index contributed by atoms with van der Waals surface area (Å²) >= 11 is 13.4. The van der Waals surface area contributed by atoms with Crippen molar-refractivity contribution in [3.05, 3.63) is 34.3 Å². The van der Waals surface area contributed by atoms with Crippen molar-refractivity contribution in [1.29, 1.82) is 0 Å². The van der Waals surface area contributed by atoms with E-state index >= 15 is 0 Å². The standard InChI is InChI=1S/C30H40Cl2O4/c1-27(2,3)33-19-15-16-20(34-28(4,5)6)23-22(19)25(35-29(7,8)9)17-13-14-18(31)24(32)21(17)26(23)36-30(10,11)12/h13-16H,1-12H3. The highest BCUT2D eigenvalue weighted by molar-refractivity contribution is 6.46. The van der Waals surface area contributed by atoms with E-state index in [0.29, 0.717) is 38.4 Å². The quantitative estimate of drug-likeness (QED) is 0.312. The van der Waals surface area contributed by atoms with Gasteiger partial charge in [-0.15, -0.1) is 0 Å². The van der Waals surface area contributed by atoms with Crippen molar-refractivity contribution < 1.29 is 18.9 Å². The Bertz CT molecular complexity index is 1280. The molecule has 0 fully saturated rings. The van der Waals surface area contributed by atoms with Crippen LogP contribution >= 0.6 is 23.2 Å². The van der Waals surface area contributed by atoms with Crippen LogP contribution < -0.4 is 18.9 Å². The molecule has 36 heavy (non-hydrogen) atoms. The van der Waals surface area contributed by atoms with Gasteiger partial charge in [-0.2, -0.15) is 0 Å². The van der Waals surface area contributed by atoms with Crippen molar-refractivity contribution in [2.45, 2.75) is 105 Å². The molecule has 0 spiro atoms. The lowest BCUT2D eigenvalue weighted by Crippen LogP contribution is -2.27. The Morgan fingerprint density at radius 1 is 0.472 bits per heavy atom. The molecule has 0 unspecified atom stereocenters. The molecule has 6 heteroatoms. The maximum absolute atomic E-state index is 6.90. The smallest absolute Gasteiger partial charge is 0.141 e. The minimum Gasteiger partial charge on any atom is -0.487 e. The first-order valence-electron chi connectivity index (χ1n) is 12.3. The number of hydrogen-bond acceptors (Lipinski definition) is 4. The molecule has 0 saturated carbocycles. The molecule has 0 amide bonds. The van der Waals surface area contributed by atoms with E-state index < -0.39 is 22.4 Å². The minimum atomic E-state index is -0.530. The molecule has 0 aromatic heterocycles. The Morgan fingerprint density at radius 2 is 0.861 bits per heavy atom. The average Bonchev–Trinajstić information content (AvgIpc) is 2.64. The van der Waals surface area contributed by atoms with Crippen molar-refractivity contribution in [2.24, 2.45) is 0 Å². The number of benzene rings is 3. The van der Waals surface area contributed by atoms with E-state index in [9.17, 15) is 0 Å². The Kier molecular flexibility index (Phi) is 7.42. The first-order valence-corrected chi connectivity index (χ1v) is 13.1. The molecule has 0 N–H and O–H groups in total. The summed E-state index contributed by atoms with van der Waals surface area (Å²) in [5, 5.41) is 3.81. The van der Waals surface area contributed by atoms with Gasteiger partial charge < -0.3 is 18.9 Å². The van der Waals surface area contributed by atoms with Gasteiger partial charge in [0.25, 0.3) is 0 Å². The summed E-state index contributed by atoms with van der Waals surface area (Å²) in [4.78, 5) is 0. The average molecular weight is 536 g/mol. The van der Waals surface area contributed by atoms with Crippen molar-refractivity contribution >= 4 is 44.7 Å². The van der Waals surface area contributed by atoms with Gasteiger partial charge in [0.2, 0.25) is 0 Å². The number of fused-ring (bicyclic) bond motifs is 2. The van der Waals surface area contributed by atoms with E-state index in [4.69, 9.17) is 42.1 Å². The molecule has 0 radical (unpaired) electrons. The summed E-state index contributed by atoms with van der Waals surface area (Å²) in [6.45, 7) is 24.2. The molecule has 0 saturated heterocycles. The molecule has 198 valence electrons. The lowest BCUT2D eigenvalue weighted by atomic mass is 9.97. The van der Waals surface area contributed by atoms with Crippen LogP contribution in [0.4, 0.5) is 0 Å². The van der Waals surface area contributed by atoms with E-state index in [1.54, 1.807) is 6.07 Å². The Labute approximate surface area is 226 Å². The molecule has 3 rings (SSSR count). The zero-order chi connectivity index (χ0) is 27.4. The predicted octanol–water partition coefficient (Wildman–Crippen LogP) is 10.0. The van der Waals surface area contributed by atoms with Crippen molar-refractivity contribution in [3.8, 4) is 23.0 Å². The Morgan fingerprint density at radius 3 is 1.28 bits per heavy atom. The maximum atomic E-state index is 6.90. The van der Waals surface area contributed by atoms with Crippen LogP contribution in [0.15, 0.2) is 24.3 Å². The van der Waals surface area contributed by atoms with E-state index in [-0.39, 0.29) is 0 Å². The van der Waals surface area contributed by atoms with Gasteiger partial charge in [-0.1, -0.05) is 23.2 Å². The monoisotopic (exact) mass is 534 g/mol. The Balaban J connectivity index is 2.70. The van der Waals surface area contributed by atoms with E-state index in [2.05, 4.69) is 0 Å². The summed E-state index contributed by atoms with van der Waals surface area (Å²) in [6.07, 6.45) is 0. The van der Waals surface area contributed by atoms with Crippen molar-refractivity contribution in [2.75, 3.05) is 0 Å². The van der Waals surface area contributed by atoms with Crippen molar-refractivity contribution in [1.82, 2.24) is 0 Å². The summed E-state index contributed by atoms with van der Waals surface area (Å²) in [5.41, 5.74) is -1.94. The zero-order valence-electron chi connectivity index (χ0n) is 23.7. The predicted molar refractivity (Wildman–Crippen MR) is 153 cm³/mol. The fraction of sp³-hybridized carbons (Fsp3) is 0.533. The first kappa shape index (κ1) is 28.5. The maximum Gasteiger partial charge on any atom is 0.141 e. The fourth-order valence-corrected chi connectivity index (χ4v) is 4.30. The highest BCUT2D eigenvalue weighted by Gasteiger charge is 2.31. The first-order chi connectivity index (χ1) is 16.2.